The van der Waals surface area contributed by atoms with E-state index in [0.717, 1.165) is 24.1 Å². The van der Waals surface area contributed by atoms with Gasteiger partial charge in [-0.25, -0.2) is 0 Å². The summed E-state index contributed by atoms with van der Waals surface area (Å²) >= 11 is 0. The second-order valence-electron chi connectivity index (χ2n) is 5.17. The van der Waals surface area contributed by atoms with Gasteiger partial charge in [0, 0.05) is 29.5 Å². The van der Waals surface area contributed by atoms with Crippen LogP contribution in [0.5, 0.6) is 0 Å². The standard InChI is InChI=1S/C14H22N2O/c1-11-8-14(10-17)13(3)16(11)12(2)9-15-6-4-5-7-15/h8,10,12H,4-7,9H2,1-3H3. The summed E-state index contributed by atoms with van der Waals surface area (Å²) in [5.41, 5.74) is 3.12. The van der Waals surface area contributed by atoms with Crippen LogP contribution in [0, 0.1) is 13.8 Å². The highest BCUT2D eigenvalue weighted by molar-refractivity contribution is 5.77. The van der Waals surface area contributed by atoms with Gasteiger partial charge in [-0.2, -0.15) is 0 Å². The molecule has 0 spiro atoms. The summed E-state index contributed by atoms with van der Waals surface area (Å²) in [4.78, 5) is 13.5. The van der Waals surface area contributed by atoms with Gasteiger partial charge in [0.1, 0.15) is 0 Å². The molecular weight excluding hydrogens is 212 g/mol. The molecule has 1 saturated heterocycles. The van der Waals surface area contributed by atoms with Crippen LogP contribution in [0.15, 0.2) is 6.07 Å². The van der Waals surface area contributed by atoms with Gasteiger partial charge in [0.05, 0.1) is 0 Å². The maximum absolute atomic E-state index is 10.9. The molecule has 1 unspecified atom stereocenters. The Morgan fingerprint density at radius 2 is 2.00 bits per heavy atom. The molecule has 0 bridgehead atoms. The Bertz CT molecular complexity index is 403. The predicted molar refractivity (Wildman–Crippen MR) is 69.7 cm³/mol. The summed E-state index contributed by atoms with van der Waals surface area (Å²) in [7, 11) is 0. The van der Waals surface area contributed by atoms with Crippen LogP contribution in [0.3, 0.4) is 0 Å². The van der Waals surface area contributed by atoms with Crippen LogP contribution in [-0.4, -0.2) is 35.4 Å². The van der Waals surface area contributed by atoms with Crippen molar-refractivity contribution in [2.24, 2.45) is 0 Å². The van der Waals surface area contributed by atoms with Crippen molar-refractivity contribution < 1.29 is 4.79 Å². The SMILES string of the molecule is Cc1cc(C=O)c(C)n1C(C)CN1CCCC1. The molecule has 0 radical (unpaired) electrons. The highest BCUT2D eigenvalue weighted by atomic mass is 16.1. The average Bonchev–Trinajstić information content (AvgIpc) is 2.87. The Morgan fingerprint density at radius 3 is 2.53 bits per heavy atom. The van der Waals surface area contributed by atoms with Crippen molar-refractivity contribution in [1.82, 2.24) is 9.47 Å². The minimum Gasteiger partial charge on any atom is -0.344 e. The van der Waals surface area contributed by atoms with E-state index in [4.69, 9.17) is 0 Å². The number of hydrogen-bond acceptors (Lipinski definition) is 2. The lowest BCUT2D eigenvalue weighted by Crippen LogP contribution is -2.27. The van der Waals surface area contributed by atoms with Gasteiger partial charge in [-0.1, -0.05) is 0 Å². The monoisotopic (exact) mass is 234 g/mol. The molecule has 0 aromatic carbocycles. The number of hydrogen-bond donors (Lipinski definition) is 0. The number of rotatable bonds is 4. The second-order valence-corrected chi connectivity index (χ2v) is 5.17. The van der Waals surface area contributed by atoms with E-state index in [2.05, 4.69) is 23.3 Å². The first-order valence-corrected chi connectivity index (χ1v) is 6.49. The lowest BCUT2D eigenvalue weighted by Gasteiger charge is -2.24. The quantitative estimate of drug-likeness (QED) is 0.748. The van der Waals surface area contributed by atoms with Crippen LogP contribution in [0.25, 0.3) is 0 Å². The van der Waals surface area contributed by atoms with E-state index in [1.54, 1.807) is 0 Å². The summed E-state index contributed by atoms with van der Waals surface area (Å²) in [5.74, 6) is 0. The van der Waals surface area contributed by atoms with Gasteiger partial charge in [0.15, 0.2) is 6.29 Å². The van der Waals surface area contributed by atoms with E-state index in [-0.39, 0.29) is 0 Å². The molecule has 1 aliphatic rings. The Labute approximate surface area is 103 Å². The summed E-state index contributed by atoms with van der Waals surface area (Å²) < 4.78 is 2.29. The first kappa shape index (κ1) is 12.4. The van der Waals surface area contributed by atoms with Gasteiger partial charge in [-0.05, 0) is 52.8 Å². The van der Waals surface area contributed by atoms with Crippen LogP contribution >= 0.6 is 0 Å². The first-order valence-electron chi connectivity index (χ1n) is 6.49. The fraction of sp³-hybridized carbons (Fsp3) is 0.643. The van der Waals surface area contributed by atoms with Crippen molar-refractivity contribution in [1.29, 1.82) is 0 Å². The third-order valence-corrected chi connectivity index (χ3v) is 3.81. The minimum absolute atomic E-state index is 0.446. The van der Waals surface area contributed by atoms with E-state index < -0.39 is 0 Å². The number of nitrogens with zero attached hydrogens (tertiary/aromatic N) is 2. The van der Waals surface area contributed by atoms with Crippen molar-refractivity contribution in [3.63, 3.8) is 0 Å². The largest absolute Gasteiger partial charge is 0.344 e. The molecular formula is C14H22N2O. The zero-order valence-corrected chi connectivity index (χ0v) is 11.1. The molecule has 0 aliphatic carbocycles. The fourth-order valence-electron chi connectivity index (χ4n) is 3.02. The molecule has 94 valence electrons. The van der Waals surface area contributed by atoms with E-state index in [0.29, 0.717) is 6.04 Å². The molecule has 3 nitrogen and oxygen atoms in total. The normalized spacial score (nSPS) is 18.5. The van der Waals surface area contributed by atoms with Gasteiger partial charge >= 0.3 is 0 Å². The summed E-state index contributed by atoms with van der Waals surface area (Å²) in [5, 5.41) is 0. The molecule has 2 rings (SSSR count). The molecule has 0 N–H and O–H groups in total. The molecule has 1 atom stereocenters. The van der Waals surface area contributed by atoms with E-state index in [9.17, 15) is 4.79 Å². The van der Waals surface area contributed by atoms with Crippen LogP contribution < -0.4 is 0 Å². The van der Waals surface area contributed by atoms with Crippen molar-refractivity contribution in [2.75, 3.05) is 19.6 Å². The van der Waals surface area contributed by atoms with Crippen molar-refractivity contribution in [3.05, 3.63) is 23.0 Å². The topological polar surface area (TPSA) is 25.2 Å². The molecule has 1 fully saturated rings. The number of likely N-dealkylation sites (tertiary alicyclic amines) is 1. The van der Waals surface area contributed by atoms with Crippen molar-refractivity contribution >= 4 is 6.29 Å². The lowest BCUT2D eigenvalue weighted by molar-refractivity contribution is 0.112. The van der Waals surface area contributed by atoms with Gasteiger partial charge in [0.25, 0.3) is 0 Å². The number of aryl methyl sites for hydroxylation is 1. The molecule has 0 amide bonds. The first-order chi connectivity index (χ1) is 8.13. The zero-order valence-electron chi connectivity index (χ0n) is 11.1. The van der Waals surface area contributed by atoms with Gasteiger partial charge in [-0.3, -0.25) is 4.79 Å². The molecule has 2 heterocycles. The molecule has 1 aromatic rings. The maximum atomic E-state index is 10.9. The minimum atomic E-state index is 0.446. The van der Waals surface area contributed by atoms with Gasteiger partial charge < -0.3 is 9.47 Å². The third-order valence-electron chi connectivity index (χ3n) is 3.81. The summed E-state index contributed by atoms with van der Waals surface area (Å²) in [6, 6.07) is 2.44. The molecule has 1 aliphatic heterocycles. The third kappa shape index (κ3) is 2.44. The molecule has 17 heavy (non-hydrogen) atoms. The van der Waals surface area contributed by atoms with Crippen LogP contribution in [0.4, 0.5) is 0 Å². The Balaban J connectivity index is 2.14. The molecule has 1 aromatic heterocycles. The highest BCUT2D eigenvalue weighted by Gasteiger charge is 2.18. The number of aldehydes is 1. The van der Waals surface area contributed by atoms with Gasteiger partial charge in [0.2, 0.25) is 0 Å². The van der Waals surface area contributed by atoms with E-state index in [1.807, 2.05) is 13.0 Å². The fourth-order valence-corrected chi connectivity index (χ4v) is 3.02. The second kappa shape index (κ2) is 5.05. The van der Waals surface area contributed by atoms with E-state index in [1.165, 1.54) is 31.6 Å². The highest BCUT2D eigenvalue weighted by Crippen LogP contribution is 2.21. The van der Waals surface area contributed by atoms with Crippen LogP contribution in [0.2, 0.25) is 0 Å². The Hall–Kier alpha value is -1.09. The maximum Gasteiger partial charge on any atom is 0.151 e. The zero-order chi connectivity index (χ0) is 12.4. The Kier molecular flexibility index (Phi) is 3.67. The molecule has 0 saturated carbocycles. The van der Waals surface area contributed by atoms with Crippen LogP contribution in [0.1, 0.15) is 47.6 Å². The Morgan fingerprint density at radius 1 is 1.35 bits per heavy atom. The number of aromatic nitrogens is 1. The average molecular weight is 234 g/mol. The number of carbonyl (C=O) groups excluding carboxylic acids is 1. The van der Waals surface area contributed by atoms with Crippen molar-refractivity contribution in [3.8, 4) is 0 Å². The lowest BCUT2D eigenvalue weighted by atomic mass is 10.2. The summed E-state index contributed by atoms with van der Waals surface area (Å²) in [6.07, 6.45) is 3.62. The number of carbonyl (C=O) groups is 1. The van der Waals surface area contributed by atoms with Crippen LogP contribution in [-0.2, 0) is 0 Å². The molecule has 3 heteroatoms. The van der Waals surface area contributed by atoms with Gasteiger partial charge in [-0.15, -0.1) is 0 Å². The van der Waals surface area contributed by atoms with E-state index >= 15 is 0 Å². The summed E-state index contributed by atoms with van der Waals surface area (Å²) in [6.45, 7) is 9.91. The van der Waals surface area contributed by atoms with Crippen molar-refractivity contribution in [2.45, 2.75) is 39.7 Å². The smallest absolute Gasteiger partial charge is 0.151 e. The predicted octanol–water partition coefficient (Wildman–Crippen LogP) is 2.57.